The first-order valence-corrected chi connectivity index (χ1v) is 12.3. The summed E-state index contributed by atoms with van der Waals surface area (Å²) in [5.74, 6) is -2.43. The lowest BCUT2D eigenvalue weighted by molar-refractivity contribution is -0.123. The van der Waals surface area contributed by atoms with Gasteiger partial charge in [0.1, 0.15) is 0 Å². The van der Waals surface area contributed by atoms with Gasteiger partial charge < -0.3 is 14.8 Å². The fraction of sp³-hybridized carbons (Fsp3) is 0.321. The molecule has 0 unspecified atom stereocenters. The Balaban J connectivity index is 1.13. The Hall–Kier alpha value is -4.27. The Kier molecular flexibility index (Phi) is 6.60. The van der Waals surface area contributed by atoms with Crippen LogP contribution >= 0.6 is 0 Å². The Morgan fingerprint density at radius 1 is 0.838 bits per heavy atom. The summed E-state index contributed by atoms with van der Waals surface area (Å²) in [6, 6.07) is 12.2. The van der Waals surface area contributed by atoms with E-state index in [9.17, 15) is 24.0 Å². The van der Waals surface area contributed by atoms with Gasteiger partial charge in [0, 0.05) is 5.69 Å². The van der Waals surface area contributed by atoms with E-state index in [2.05, 4.69) is 5.32 Å². The van der Waals surface area contributed by atoms with Crippen molar-refractivity contribution < 1.29 is 33.4 Å². The largest absolute Gasteiger partial charge is 0.462 e. The number of hydrogen-bond acceptors (Lipinski definition) is 7. The second-order valence-corrected chi connectivity index (χ2v) is 9.40. The summed E-state index contributed by atoms with van der Waals surface area (Å²) in [4.78, 5) is 63.6. The molecule has 4 atom stereocenters. The number of benzene rings is 2. The van der Waals surface area contributed by atoms with Crippen molar-refractivity contribution in [2.75, 3.05) is 23.4 Å². The predicted molar refractivity (Wildman–Crippen MR) is 133 cm³/mol. The maximum atomic E-state index is 12.9. The zero-order chi connectivity index (χ0) is 26.1. The Morgan fingerprint density at radius 2 is 1.38 bits per heavy atom. The van der Waals surface area contributed by atoms with Gasteiger partial charge in [0.25, 0.3) is 5.91 Å². The molecular weight excluding hydrogens is 476 g/mol. The number of anilines is 2. The molecule has 0 radical (unpaired) electrons. The van der Waals surface area contributed by atoms with Crippen molar-refractivity contribution in [3.8, 4) is 0 Å². The lowest BCUT2D eigenvalue weighted by atomic mass is 9.85. The molecule has 9 nitrogen and oxygen atoms in total. The number of rotatable bonds is 8. The number of fused-ring (bicyclic) bond motifs is 5. The van der Waals surface area contributed by atoms with Crippen LogP contribution in [0.5, 0.6) is 0 Å². The van der Waals surface area contributed by atoms with E-state index in [-0.39, 0.29) is 41.0 Å². The maximum absolute atomic E-state index is 12.9. The van der Waals surface area contributed by atoms with Crippen LogP contribution in [0.25, 0.3) is 0 Å². The van der Waals surface area contributed by atoms with Gasteiger partial charge >= 0.3 is 11.9 Å². The predicted octanol–water partition coefficient (Wildman–Crippen LogP) is 3.36. The lowest BCUT2D eigenvalue weighted by Gasteiger charge is -2.17. The van der Waals surface area contributed by atoms with Gasteiger partial charge in [0.15, 0.2) is 6.61 Å². The first kappa shape index (κ1) is 24.4. The molecule has 0 aromatic heterocycles. The Labute approximate surface area is 213 Å². The highest BCUT2D eigenvalue weighted by Gasteiger charge is 2.59. The molecule has 0 spiro atoms. The molecule has 2 aromatic rings. The van der Waals surface area contributed by atoms with Crippen molar-refractivity contribution in [3.05, 3.63) is 71.8 Å². The van der Waals surface area contributed by atoms with Gasteiger partial charge in [-0.15, -0.1) is 0 Å². The van der Waals surface area contributed by atoms with Gasteiger partial charge in [0.05, 0.1) is 35.3 Å². The number of imide groups is 1. The molecule has 1 saturated heterocycles. The standard InChI is InChI=1S/C28H26N2O7/c1-2-13-36-27(34)16-5-9-20(10-6-16)29-22(31)15-37-28(35)17-7-11-21(12-8-17)30-25(32)23-18-3-4-19(14-18)24(23)26(30)33/h3-12,18-19,23-24H,2,13-15H2,1H3,(H,29,31)/t18-,19-,23-,24-/m0/s1. The summed E-state index contributed by atoms with van der Waals surface area (Å²) < 4.78 is 10.1. The first-order valence-electron chi connectivity index (χ1n) is 12.3. The van der Waals surface area contributed by atoms with Crippen LogP contribution in [0.15, 0.2) is 60.7 Å². The number of hydrogen-bond donors (Lipinski definition) is 1. The lowest BCUT2D eigenvalue weighted by Crippen LogP contribution is -2.32. The maximum Gasteiger partial charge on any atom is 0.338 e. The quantitative estimate of drug-likeness (QED) is 0.334. The summed E-state index contributed by atoms with van der Waals surface area (Å²) in [5.41, 5.74) is 1.41. The van der Waals surface area contributed by atoms with Crippen LogP contribution in [0.1, 0.15) is 40.5 Å². The van der Waals surface area contributed by atoms with Crippen molar-refractivity contribution in [3.63, 3.8) is 0 Å². The number of ether oxygens (including phenoxy) is 2. The van der Waals surface area contributed by atoms with Gasteiger partial charge in [-0.2, -0.15) is 0 Å². The van der Waals surface area contributed by atoms with E-state index in [1.54, 1.807) is 12.1 Å². The monoisotopic (exact) mass is 502 g/mol. The molecule has 3 amide bonds. The second kappa shape index (κ2) is 10.0. The SMILES string of the molecule is CCCOC(=O)c1ccc(NC(=O)COC(=O)c2ccc(N3C(=O)[C@@H]4[C@@H](C3=O)[C@H]3C=C[C@H]4C3)cc2)cc1. The third-order valence-electron chi connectivity index (χ3n) is 7.01. The zero-order valence-corrected chi connectivity index (χ0v) is 20.2. The normalized spacial score (nSPS) is 23.2. The molecule has 2 fully saturated rings. The summed E-state index contributed by atoms with van der Waals surface area (Å²) in [5, 5.41) is 2.59. The fourth-order valence-electron chi connectivity index (χ4n) is 5.28. The zero-order valence-electron chi connectivity index (χ0n) is 20.2. The molecular formula is C28H26N2O7. The van der Waals surface area contributed by atoms with Crippen molar-refractivity contribution in [1.82, 2.24) is 0 Å². The average molecular weight is 503 g/mol. The molecule has 2 aliphatic carbocycles. The molecule has 2 bridgehead atoms. The molecule has 5 rings (SSSR count). The van der Waals surface area contributed by atoms with Gasteiger partial charge in [-0.05, 0) is 73.2 Å². The van der Waals surface area contributed by atoms with E-state index in [1.807, 2.05) is 19.1 Å². The molecule has 1 aliphatic heterocycles. The molecule has 2 aromatic carbocycles. The minimum absolute atomic E-state index is 0.122. The molecule has 1 saturated carbocycles. The average Bonchev–Trinajstić information content (AvgIpc) is 3.60. The minimum atomic E-state index is -0.714. The highest BCUT2D eigenvalue weighted by atomic mass is 16.5. The number of nitrogens with one attached hydrogen (secondary N) is 1. The number of carbonyl (C=O) groups is 5. The van der Waals surface area contributed by atoms with Crippen LogP contribution in [0.2, 0.25) is 0 Å². The minimum Gasteiger partial charge on any atom is -0.462 e. The summed E-state index contributed by atoms with van der Waals surface area (Å²) in [6.45, 7) is 1.72. The van der Waals surface area contributed by atoms with E-state index >= 15 is 0 Å². The van der Waals surface area contributed by atoms with Crippen LogP contribution in [0, 0.1) is 23.7 Å². The molecule has 1 heterocycles. The van der Waals surface area contributed by atoms with Crippen molar-refractivity contribution >= 4 is 41.0 Å². The fourth-order valence-corrected chi connectivity index (χ4v) is 5.28. The topological polar surface area (TPSA) is 119 Å². The highest BCUT2D eigenvalue weighted by Crippen LogP contribution is 2.53. The van der Waals surface area contributed by atoms with Gasteiger partial charge in [-0.3, -0.25) is 19.3 Å². The molecule has 3 aliphatic rings. The first-order chi connectivity index (χ1) is 17.9. The smallest absolute Gasteiger partial charge is 0.338 e. The second-order valence-electron chi connectivity index (χ2n) is 9.40. The number of nitrogens with zero attached hydrogens (tertiary/aromatic N) is 1. The van der Waals surface area contributed by atoms with Crippen LogP contribution in [-0.2, 0) is 23.9 Å². The van der Waals surface area contributed by atoms with E-state index < -0.39 is 24.5 Å². The van der Waals surface area contributed by atoms with Crippen molar-refractivity contribution in [1.29, 1.82) is 0 Å². The van der Waals surface area contributed by atoms with Crippen molar-refractivity contribution in [2.24, 2.45) is 23.7 Å². The summed E-state index contributed by atoms with van der Waals surface area (Å²) in [7, 11) is 0. The number of amides is 3. The summed E-state index contributed by atoms with van der Waals surface area (Å²) >= 11 is 0. The van der Waals surface area contributed by atoms with Crippen LogP contribution < -0.4 is 10.2 Å². The number of allylic oxidation sites excluding steroid dienone is 2. The third-order valence-corrected chi connectivity index (χ3v) is 7.01. The Bertz CT molecular complexity index is 1250. The van der Waals surface area contributed by atoms with Crippen LogP contribution in [0.3, 0.4) is 0 Å². The highest BCUT2D eigenvalue weighted by molar-refractivity contribution is 6.22. The Morgan fingerprint density at radius 3 is 1.95 bits per heavy atom. The van der Waals surface area contributed by atoms with Gasteiger partial charge in [-0.25, -0.2) is 9.59 Å². The van der Waals surface area contributed by atoms with E-state index in [0.29, 0.717) is 23.5 Å². The molecule has 1 N–H and O–H groups in total. The van der Waals surface area contributed by atoms with Gasteiger partial charge in [0.2, 0.25) is 11.8 Å². The number of esters is 2. The van der Waals surface area contributed by atoms with Crippen LogP contribution in [-0.4, -0.2) is 42.9 Å². The van der Waals surface area contributed by atoms with E-state index in [4.69, 9.17) is 9.47 Å². The molecule has 9 heteroatoms. The molecule has 190 valence electrons. The van der Waals surface area contributed by atoms with Crippen LogP contribution in [0.4, 0.5) is 11.4 Å². The number of carbonyl (C=O) groups excluding carboxylic acids is 5. The molecule has 37 heavy (non-hydrogen) atoms. The third kappa shape index (κ3) is 4.64. The van der Waals surface area contributed by atoms with E-state index in [1.165, 1.54) is 41.3 Å². The van der Waals surface area contributed by atoms with Gasteiger partial charge in [-0.1, -0.05) is 19.1 Å². The van der Waals surface area contributed by atoms with E-state index in [0.717, 1.165) is 12.8 Å². The van der Waals surface area contributed by atoms with Crippen molar-refractivity contribution in [2.45, 2.75) is 19.8 Å². The summed E-state index contributed by atoms with van der Waals surface area (Å²) in [6.07, 6.45) is 5.66.